The molecule has 0 heterocycles. The molecule has 4 amide bonds. The first-order valence-electron chi connectivity index (χ1n) is 12.0. The third-order valence-electron chi connectivity index (χ3n) is 5.47. The van der Waals surface area contributed by atoms with Crippen LogP contribution in [0.3, 0.4) is 0 Å². The van der Waals surface area contributed by atoms with E-state index in [1.54, 1.807) is 48.5 Å². The number of hydrogen-bond donors (Lipinski definition) is 7. The molecule has 12 nitrogen and oxygen atoms in total. The van der Waals surface area contributed by atoms with Gasteiger partial charge < -0.3 is 32.7 Å². The van der Waals surface area contributed by atoms with Gasteiger partial charge in [0, 0.05) is 31.0 Å². The van der Waals surface area contributed by atoms with Crippen molar-refractivity contribution >= 4 is 35.4 Å². The van der Waals surface area contributed by atoms with Crippen molar-refractivity contribution in [2.75, 3.05) is 13.1 Å². The summed E-state index contributed by atoms with van der Waals surface area (Å²) in [7, 11) is 0. The zero-order chi connectivity index (χ0) is 28.1. The Morgan fingerprint density at radius 1 is 0.842 bits per heavy atom. The molecule has 0 aromatic heterocycles. The second kappa shape index (κ2) is 14.7. The highest BCUT2D eigenvalue weighted by Gasteiger charge is 2.22. The van der Waals surface area contributed by atoms with Crippen molar-refractivity contribution in [3.8, 4) is 0 Å². The highest BCUT2D eigenvalue weighted by atomic mass is 16.2. The number of benzene rings is 2. The Morgan fingerprint density at radius 3 is 2.05 bits per heavy atom. The van der Waals surface area contributed by atoms with Crippen LogP contribution < -0.4 is 32.7 Å². The Kier molecular flexibility index (Phi) is 11.4. The molecular formula is C26H33N7O5. The molecule has 0 aliphatic rings. The first kappa shape index (κ1) is 29.5. The van der Waals surface area contributed by atoms with E-state index in [9.17, 15) is 24.0 Å². The van der Waals surface area contributed by atoms with Gasteiger partial charge in [0.15, 0.2) is 11.7 Å². The molecule has 2 rings (SSSR count). The van der Waals surface area contributed by atoms with E-state index in [1.165, 1.54) is 6.92 Å². The summed E-state index contributed by atoms with van der Waals surface area (Å²) in [6, 6.07) is 13.5. The van der Waals surface area contributed by atoms with Gasteiger partial charge in [-0.1, -0.05) is 54.6 Å². The van der Waals surface area contributed by atoms with E-state index in [2.05, 4.69) is 21.3 Å². The molecule has 0 spiro atoms. The fourth-order valence-electron chi connectivity index (χ4n) is 3.59. The molecule has 0 aliphatic carbocycles. The van der Waals surface area contributed by atoms with Crippen LogP contribution in [0.4, 0.5) is 0 Å². The van der Waals surface area contributed by atoms with Gasteiger partial charge in [-0.05, 0) is 18.4 Å². The average Bonchev–Trinajstić information content (AvgIpc) is 2.88. The number of hydrogen-bond acceptors (Lipinski definition) is 6. The fourth-order valence-corrected chi connectivity index (χ4v) is 3.59. The molecule has 0 unspecified atom stereocenters. The van der Waals surface area contributed by atoms with Crippen molar-refractivity contribution in [2.24, 2.45) is 11.5 Å². The van der Waals surface area contributed by atoms with E-state index >= 15 is 0 Å². The van der Waals surface area contributed by atoms with Crippen molar-refractivity contribution in [3.05, 3.63) is 71.3 Å². The van der Waals surface area contributed by atoms with E-state index in [0.29, 0.717) is 29.7 Å². The summed E-state index contributed by atoms with van der Waals surface area (Å²) in [5, 5.41) is 17.2. The van der Waals surface area contributed by atoms with Gasteiger partial charge in [-0.25, -0.2) is 0 Å². The fraction of sp³-hybridized carbons (Fsp3) is 0.308. The molecule has 12 heteroatoms. The third-order valence-corrected chi connectivity index (χ3v) is 5.47. The monoisotopic (exact) mass is 523 g/mol. The van der Waals surface area contributed by atoms with Crippen LogP contribution in [0, 0.1) is 5.41 Å². The summed E-state index contributed by atoms with van der Waals surface area (Å²) < 4.78 is 0. The maximum atomic E-state index is 12.6. The molecule has 2 aromatic rings. The van der Waals surface area contributed by atoms with E-state index < -0.39 is 42.3 Å². The number of amides is 4. The molecule has 9 N–H and O–H groups in total. The smallest absolute Gasteiger partial charge is 0.243 e. The van der Waals surface area contributed by atoms with Crippen molar-refractivity contribution in [1.82, 2.24) is 21.3 Å². The highest BCUT2D eigenvalue weighted by molar-refractivity contribution is 6.09. The molecule has 0 fully saturated rings. The number of nitrogens with two attached hydrogens (primary N) is 2. The summed E-state index contributed by atoms with van der Waals surface area (Å²) in [4.78, 5) is 60.9. The van der Waals surface area contributed by atoms with Gasteiger partial charge in [-0.3, -0.25) is 29.4 Å². The second-order valence-electron chi connectivity index (χ2n) is 8.57. The lowest BCUT2D eigenvalue weighted by atomic mass is 9.99. The first-order valence-corrected chi connectivity index (χ1v) is 12.0. The van der Waals surface area contributed by atoms with Gasteiger partial charge in [0.25, 0.3) is 0 Å². The molecule has 38 heavy (non-hydrogen) atoms. The lowest BCUT2D eigenvalue weighted by Gasteiger charge is -2.19. The number of nitrogens with one attached hydrogen (secondary N) is 5. The van der Waals surface area contributed by atoms with Gasteiger partial charge in [0.05, 0.1) is 6.54 Å². The Labute approximate surface area is 220 Å². The predicted molar refractivity (Wildman–Crippen MR) is 141 cm³/mol. The van der Waals surface area contributed by atoms with Crippen LogP contribution >= 0.6 is 0 Å². The Balaban J connectivity index is 1.91. The molecule has 0 radical (unpaired) electrons. The lowest BCUT2D eigenvalue weighted by Crippen LogP contribution is -2.52. The molecular weight excluding hydrogens is 490 g/mol. The molecule has 2 atom stereocenters. The lowest BCUT2D eigenvalue weighted by molar-refractivity contribution is -0.130. The zero-order valence-corrected chi connectivity index (χ0v) is 21.1. The normalized spacial score (nSPS) is 11.9. The van der Waals surface area contributed by atoms with E-state index in [-0.39, 0.29) is 24.6 Å². The molecule has 0 saturated heterocycles. The van der Waals surface area contributed by atoms with Gasteiger partial charge in [-0.15, -0.1) is 0 Å². The summed E-state index contributed by atoms with van der Waals surface area (Å²) in [6.45, 7) is 1.16. The molecule has 2 aromatic carbocycles. The Bertz CT molecular complexity index is 1150. The quantitative estimate of drug-likeness (QED) is 0.0733. The number of carbonyl (C=O) groups excluding carboxylic acids is 5. The number of carbonyl (C=O) groups is 5. The SMILES string of the molecule is CC(=O)N[C@@H](CCCNC(=N)N)C(=O)NCC(=O)N[C@@H](Cc1ccc(C(=O)c2ccccc2)cc1)C(N)=O. The topological polar surface area (TPSA) is 209 Å². The minimum absolute atomic E-state index is 0.0898. The van der Waals surface area contributed by atoms with Crippen molar-refractivity contribution < 1.29 is 24.0 Å². The minimum Gasteiger partial charge on any atom is -0.370 e. The summed E-state index contributed by atoms with van der Waals surface area (Å²) in [6.07, 6.45) is 0.774. The third kappa shape index (κ3) is 10.1. The number of ketones is 1. The summed E-state index contributed by atoms with van der Waals surface area (Å²) in [5.41, 5.74) is 12.4. The van der Waals surface area contributed by atoms with E-state index in [4.69, 9.17) is 16.9 Å². The first-order chi connectivity index (χ1) is 18.1. The standard InChI is InChI=1S/C26H33N7O5/c1-16(34)32-20(8-5-13-30-26(28)29)25(38)31-15-22(35)33-21(24(27)37)14-17-9-11-19(12-10-17)23(36)18-6-3-2-4-7-18/h2-4,6-7,9-12,20-21H,5,8,13-15H2,1H3,(H2,27,37)(H,31,38)(H,32,34)(H,33,35)(H4,28,29,30)/t20-,21-/m0/s1. The number of rotatable bonds is 14. The van der Waals surface area contributed by atoms with Crippen LogP contribution in [0.15, 0.2) is 54.6 Å². The van der Waals surface area contributed by atoms with Gasteiger partial charge in [0.2, 0.25) is 23.6 Å². The van der Waals surface area contributed by atoms with Crippen LogP contribution in [0.1, 0.15) is 41.3 Å². The van der Waals surface area contributed by atoms with Crippen molar-refractivity contribution in [2.45, 2.75) is 38.3 Å². The van der Waals surface area contributed by atoms with Crippen LogP contribution in [-0.4, -0.2) is 60.5 Å². The van der Waals surface area contributed by atoms with Gasteiger partial charge >= 0.3 is 0 Å². The van der Waals surface area contributed by atoms with Crippen LogP contribution in [0.2, 0.25) is 0 Å². The highest BCUT2D eigenvalue weighted by Crippen LogP contribution is 2.12. The van der Waals surface area contributed by atoms with Crippen LogP contribution in [-0.2, 0) is 25.6 Å². The van der Waals surface area contributed by atoms with E-state index in [1.807, 2.05) is 6.07 Å². The molecule has 0 saturated carbocycles. The summed E-state index contributed by atoms with van der Waals surface area (Å²) in [5.74, 6) is -2.74. The van der Waals surface area contributed by atoms with E-state index in [0.717, 1.165) is 0 Å². The Hall–Kier alpha value is -4.74. The largest absolute Gasteiger partial charge is 0.370 e. The average molecular weight is 524 g/mol. The number of guanidine groups is 1. The van der Waals surface area contributed by atoms with Crippen molar-refractivity contribution in [1.29, 1.82) is 5.41 Å². The maximum Gasteiger partial charge on any atom is 0.243 e. The van der Waals surface area contributed by atoms with Crippen LogP contribution in [0.5, 0.6) is 0 Å². The van der Waals surface area contributed by atoms with Crippen LogP contribution in [0.25, 0.3) is 0 Å². The predicted octanol–water partition coefficient (Wildman–Crippen LogP) is -0.686. The molecule has 0 bridgehead atoms. The second-order valence-corrected chi connectivity index (χ2v) is 8.57. The Morgan fingerprint density at radius 2 is 1.47 bits per heavy atom. The zero-order valence-electron chi connectivity index (χ0n) is 21.1. The minimum atomic E-state index is -1.04. The summed E-state index contributed by atoms with van der Waals surface area (Å²) >= 11 is 0. The maximum absolute atomic E-state index is 12.6. The van der Waals surface area contributed by atoms with Gasteiger partial charge in [0.1, 0.15) is 12.1 Å². The van der Waals surface area contributed by atoms with Crippen molar-refractivity contribution in [3.63, 3.8) is 0 Å². The van der Waals surface area contributed by atoms with Gasteiger partial charge in [-0.2, -0.15) is 0 Å². The molecule has 202 valence electrons. The number of primary amides is 1. The molecule has 0 aliphatic heterocycles.